The zero-order valence-corrected chi connectivity index (χ0v) is 12.5. The quantitative estimate of drug-likeness (QED) is 0.648. The van der Waals surface area contributed by atoms with Crippen molar-refractivity contribution in [3.8, 4) is 0 Å². The van der Waals surface area contributed by atoms with E-state index >= 15 is 0 Å². The molecule has 4 N–H and O–H groups in total. The Morgan fingerprint density at radius 1 is 1.15 bits per heavy atom. The Balaban J connectivity index is 1.71. The molecule has 20 heavy (non-hydrogen) atoms. The van der Waals surface area contributed by atoms with Crippen LogP contribution in [0.2, 0.25) is 0 Å². The molecule has 1 aliphatic heterocycles. The highest BCUT2D eigenvalue weighted by Crippen LogP contribution is 2.23. The van der Waals surface area contributed by atoms with Crippen LogP contribution in [0.4, 0.5) is 0 Å². The van der Waals surface area contributed by atoms with Gasteiger partial charge in [-0.2, -0.15) is 0 Å². The molecule has 0 aromatic rings. The van der Waals surface area contributed by atoms with Gasteiger partial charge in [0.05, 0.1) is 13.1 Å². The molecule has 1 aliphatic carbocycles. The molecule has 0 radical (unpaired) electrons. The number of primary amides is 1. The molecule has 2 aliphatic rings. The Morgan fingerprint density at radius 3 is 2.40 bits per heavy atom. The van der Waals surface area contributed by atoms with Gasteiger partial charge in [0.25, 0.3) is 5.91 Å². The molecule has 0 spiro atoms. The van der Waals surface area contributed by atoms with Gasteiger partial charge >= 0.3 is 0 Å². The van der Waals surface area contributed by atoms with Crippen molar-refractivity contribution < 1.29 is 14.5 Å². The summed E-state index contributed by atoms with van der Waals surface area (Å²) in [5, 5.41) is 3.20. The first-order chi connectivity index (χ1) is 9.56. The summed E-state index contributed by atoms with van der Waals surface area (Å²) in [4.78, 5) is 24.5. The van der Waals surface area contributed by atoms with E-state index in [9.17, 15) is 9.59 Å². The SMILES string of the molecule is C[C@@H]1CCCC[C@H]1NC(=O)C[NH+]1CCC(C(N)=O)CC1. The van der Waals surface area contributed by atoms with Crippen LogP contribution >= 0.6 is 0 Å². The van der Waals surface area contributed by atoms with Crippen LogP contribution in [0.25, 0.3) is 0 Å². The summed E-state index contributed by atoms with van der Waals surface area (Å²) in [6.45, 7) is 4.52. The molecule has 2 amide bonds. The fourth-order valence-electron chi connectivity index (χ4n) is 3.50. The van der Waals surface area contributed by atoms with Crippen molar-refractivity contribution in [2.75, 3.05) is 19.6 Å². The van der Waals surface area contributed by atoms with Crippen molar-refractivity contribution in [3.05, 3.63) is 0 Å². The predicted molar refractivity (Wildman–Crippen MR) is 77.0 cm³/mol. The maximum atomic E-state index is 12.1. The number of nitrogens with one attached hydrogen (secondary N) is 2. The zero-order chi connectivity index (χ0) is 14.5. The Morgan fingerprint density at radius 2 is 1.80 bits per heavy atom. The average Bonchev–Trinajstić information content (AvgIpc) is 2.42. The van der Waals surface area contributed by atoms with Crippen molar-refractivity contribution in [2.24, 2.45) is 17.6 Å². The number of hydrogen-bond donors (Lipinski definition) is 3. The van der Waals surface area contributed by atoms with Gasteiger partial charge in [-0.15, -0.1) is 0 Å². The fraction of sp³-hybridized carbons (Fsp3) is 0.867. The number of nitrogens with two attached hydrogens (primary N) is 1. The van der Waals surface area contributed by atoms with E-state index in [1.807, 2.05) is 0 Å². The molecule has 1 saturated heterocycles. The number of piperidine rings is 1. The molecular formula is C15H28N3O2+. The molecule has 0 aromatic heterocycles. The van der Waals surface area contributed by atoms with E-state index in [1.165, 1.54) is 24.2 Å². The molecule has 2 atom stereocenters. The van der Waals surface area contributed by atoms with E-state index in [-0.39, 0.29) is 17.7 Å². The van der Waals surface area contributed by atoms with Gasteiger partial charge in [-0.3, -0.25) is 9.59 Å². The van der Waals surface area contributed by atoms with Crippen molar-refractivity contribution in [1.82, 2.24) is 5.32 Å². The number of hydrogen-bond acceptors (Lipinski definition) is 2. The summed E-state index contributed by atoms with van der Waals surface area (Å²) in [6, 6.07) is 0.360. The molecule has 1 heterocycles. The lowest BCUT2D eigenvalue weighted by atomic mass is 9.86. The van der Waals surface area contributed by atoms with Crippen molar-refractivity contribution in [1.29, 1.82) is 0 Å². The lowest BCUT2D eigenvalue weighted by Crippen LogP contribution is -3.14. The third kappa shape index (κ3) is 4.20. The molecule has 0 bridgehead atoms. The molecule has 114 valence electrons. The molecule has 2 rings (SSSR count). The highest BCUT2D eigenvalue weighted by molar-refractivity contribution is 5.77. The van der Waals surface area contributed by atoms with Crippen molar-refractivity contribution in [2.45, 2.75) is 51.5 Å². The Kier molecular flexibility index (Phi) is 5.40. The third-order valence-electron chi connectivity index (χ3n) is 4.96. The Bertz CT molecular complexity index is 351. The van der Waals surface area contributed by atoms with Crippen LogP contribution < -0.4 is 16.0 Å². The van der Waals surface area contributed by atoms with Crippen molar-refractivity contribution in [3.63, 3.8) is 0 Å². The number of carbonyl (C=O) groups excluding carboxylic acids is 2. The minimum absolute atomic E-state index is 0.0141. The molecule has 0 unspecified atom stereocenters. The summed E-state index contributed by atoms with van der Waals surface area (Å²) >= 11 is 0. The van der Waals surface area contributed by atoms with Gasteiger partial charge < -0.3 is 16.0 Å². The third-order valence-corrected chi connectivity index (χ3v) is 4.96. The van der Waals surface area contributed by atoms with Crippen LogP contribution in [0.5, 0.6) is 0 Å². The molecular weight excluding hydrogens is 254 g/mol. The summed E-state index contributed by atoms with van der Waals surface area (Å²) in [5.74, 6) is 0.587. The van der Waals surface area contributed by atoms with Gasteiger partial charge in [-0.05, 0) is 18.8 Å². The molecule has 5 nitrogen and oxygen atoms in total. The lowest BCUT2D eigenvalue weighted by Gasteiger charge is -2.31. The maximum Gasteiger partial charge on any atom is 0.275 e. The molecule has 2 fully saturated rings. The van der Waals surface area contributed by atoms with Crippen molar-refractivity contribution >= 4 is 11.8 Å². The van der Waals surface area contributed by atoms with E-state index in [1.54, 1.807) is 0 Å². The van der Waals surface area contributed by atoms with Gasteiger partial charge in [0.2, 0.25) is 5.91 Å². The topological polar surface area (TPSA) is 76.6 Å². The maximum absolute atomic E-state index is 12.1. The van der Waals surface area contributed by atoms with Crippen LogP contribution in [-0.4, -0.2) is 37.5 Å². The largest absolute Gasteiger partial charge is 0.369 e. The fourth-order valence-corrected chi connectivity index (χ4v) is 3.50. The first-order valence-electron chi connectivity index (χ1n) is 7.98. The Hall–Kier alpha value is -1.10. The highest BCUT2D eigenvalue weighted by atomic mass is 16.2. The molecule has 1 saturated carbocycles. The molecule has 5 heteroatoms. The first-order valence-corrected chi connectivity index (χ1v) is 7.98. The number of likely N-dealkylation sites (tertiary alicyclic amines) is 1. The van der Waals surface area contributed by atoms with Crippen LogP contribution in [0, 0.1) is 11.8 Å². The number of amides is 2. The number of rotatable bonds is 4. The standard InChI is InChI=1S/C15H27N3O2/c1-11-4-2-3-5-13(11)17-14(19)10-18-8-6-12(7-9-18)15(16)20/h11-13H,2-10H2,1H3,(H2,16,20)(H,17,19)/p+1/t11-,13-/m1/s1. The van der Waals surface area contributed by atoms with Crippen LogP contribution in [-0.2, 0) is 9.59 Å². The van der Waals surface area contributed by atoms with Crippen LogP contribution in [0.1, 0.15) is 45.4 Å². The van der Waals surface area contributed by atoms with Gasteiger partial charge in [-0.25, -0.2) is 0 Å². The van der Waals surface area contributed by atoms with Gasteiger partial charge in [-0.1, -0.05) is 19.8 Å². The summed E-state index contributed by atoms with van der Waals surface area (Å²) < 4.78 is 0. The van der Waals surface area contributed by atoms with Gasteiger partial charge in [0.15, 0.2) is 6.54 Å². The minimum Gasteiger partial charge on any atom is -0.369 e. The lowest BCUT2D eigenvalue weighted by molar-refractivity contribution is -0.897. The Labute approximate surface area is 121 Å². The van der Waals surface area contributed by atoms with Gasteiger partial charge in [0, 0.05) is 24.8 Å². The van der Waals surface area contributed by atoms with E-state index in [0.29, 0.717) is 18.5 Å². The normalized spacial score (nSPS) is 34.5. The van der Waals surface area contributed by atoms with Crippen LogP contribution in [0.15, 0.2) is 0 Å². The zero-order valence-electron chi connectivity index (χ0n) is 12.5. The molecule has 0 aromatic carbocycles. The number of carbonyl (C=O) groups is 2. The first kappa shape index (κ1) is 15.3. The van der Waals surface area contributed by atoms with E-state index < -0.39 is 0 Å². The number of quaternary nitrogens is 1. The summed E-state index contributed by atoms with van der Waals surface area (Å²) in [7, 11) is 0. The van der Waals surface area contributed by atoms with Crippen LogP contribution in [0.3, 0.4) is 0 Å². The minimum atomic E-state index is -0.190. The van der Waals surface area contributed by atoms with E-state index in [2.05, 4.69) is 12.2 Å². The smallest absolute Gasteiger partial charge is 0.275 e. The second-order valence-corrected chi connectivity index (χ2v) is 6.54. The van der Waals surface area contributed by atoms with E-state index in [0.717, 1.165) is 32.4 Å². The predicted octanol–water partition coefficient (Wildman–Crippen LogP) is -0.538. The average molecular weight is 282 g/mol. The highest BCUT2D eigenvalue weighted by Gasteiger charge is 2.28. The second kappa shape index (κ2) is 7.07. The second-order valence-electron chi connectivity index (χ2n) is 6.54. The van der Waals surface area contributed by atoms with E-state index in [4.69, 9.17) is 5.73 Å². The summed E-state index contributed by atoms with van der Waals surface area (Å²) in [5.41, 5.74) is 5.33. The monoisotopic (exact) mass is 282 g/mol. The summed E-state index contributed by atoms with van der Waals surface area (Å²) in [6.07, 6.45) is 6.49. The van der Waals surface area contributed by atoms with Gasteiger partial charge in [0.1, 0.15) is 0 Å².